The Labute approximate surface area is 276 Å². The van der Waals surface area contributed by atoms with Gasteiger partial charge in [-0.05, 0) is 88.5 Å². The summed E-state index contributed by atoms with van der Waals surface area (Å²) in [4.78, 5) is 15.9. The molecule has 5 aromatic rings. The van der Waals surface area contributed by atoms with E-state index in [1.165, 1.54) is 0 Å². The largest absolute Gasteiger partial charge is 0.484 e. The predicted molar refractivity (Wildman–Crippen MR) is 183 cm³/mol. The molecule has 1 fully saturated rings. The Morgan fingerprint density at radius 1 is 1.00 bits per heavy atom. The van der Waals surface area contributed by atoms with E-state index in [2.05, 4.69) is 83.9 Å². The Morgan fingerprint density at radius 2 is 1.77 bits per heavy atom. The molecule has 2 aliphatic rings. The summed E-state index contributed by atoms with van der Waals surface area (Å²) in [5.74, 6) is 2.34. The van der Waals surface area contributed by atoms with E-state index in [1.807, 2.05) is 60.8 Å². The van der Waals surface area contributed by atoms with Gasteiger partial charge in [-0.15, -0.1) is 10.2 Å². The summed E-state index contributed by atoms with van der Waals surface area (Å²) in [6, 6.07) is 21.8. The maximum Gasteiger partial charge on any atom is 0.320 e. The Balaban J connectivity index is 1.10. The highest BCUT2D eigenvalue weighted by Crippen LogP contribution is 2.40. The summed E-state index contributed by atoms with van der Waals surface area (Å²) in [5, 5.41) is 20.2. The number of nitrogens with one attached hydrogen (secondary N) is 2. The van der Waals surface area contributed by atoms with E-state index in [4.69, 9.17) is 9.84 Å². The zero-order chi connectivity index (χ0) is 32.9. The summed E-state index contributed by atoms with van der Waals surface area (Å²) in [6.07, 6.45) is 5.54. The number of pyridine rings is 1. The number of carbonyl (C=O) groups excluding carboxylic acids is 1. The van der Waals surface area contributed by atoms with Crippen LogP contribution in [0.4, 0.5) is 10.6 Å². The minimum Gasteiger partial charge on any atom is -0.484 e. The maximum atomic E-state index is 13.5. The van der Waals surface area contributed by atoms with Crippen molar-refractivity contribution in [1.29, 1.82) is 0 Å². The minimum absolute atomic E-state index is 0.147. The van der Waals surface area contributed by atoms with Crippen molar-refractivity contribution < 1.29 is 9.53 Å². The monoisotopic (exact) mass is 632 g/mol. The average Bonchev–Trinajstić information content (AvgIpc) is 3.76. The van der Waals surface area contributed by atoms with Crippen LogP contribution in [0, 0.1) is 6.92 Å². The van der Waals surface area contributed by atoms with Crippen LogP contribution in [-0.2, 0) is 11.0 Å². The number of hydrogen-bond acceptors (Lipinski definition) is 6. The van der Waals surface area contributed by atoms with Gasteiger partial charge in [-0.2, -0.15) is 5.10 Å². The first kappa shape index (κ1) is 30.9. The number of urea groups is 1. The fourth-order valence-corrected chi connectivity index (χ4v) is 6.91. The lowest BCUT2D eigenvalue weighted by Gasteiger charge is -2.32. The molecule has 0 unspecified atom stereocenters. The summed E-state index contributed by atoms with van der Waals surface area (Å²) in [7, 11) is 2.15. The molecule has 10 nitrogen and oxygen atoms in total. The van der Waals surface area contributed by atoms with Crippen LogP contribution in [0.15, 0.2) is 72.9 Å². The average molecular weight is 633 g/mol. The number of aromatic nitrogens is 5. The third-order valence-electron chi connectivity index (χ3n) is 9.87. The van der Waals surface area contributed by atoms with E-state index >= 15 is 0 Å². The molecule has 47 heavy (non-hydrogen) atoms. The van der Waals surface area contributed by atoms with Crippen LogP contribution in [0.3, 0.4) is 0 Å². The predicted octanol–water partition coefficient (Wildman–Crippen LogP) is 7.24. The summed E-state index contributed by atoms with van der Waals surface area (Å²) < 4.78 is 10.5. The molecule has 1 aliphatic carbocycles. The number of ether oxygens (including phenoxy) is 1. The topological polar surface area (TPSA) is 102 Å². The van der Waals surface area contributed by atoms with Crippen molar-refractivity contribution in [1.82, 2.24) is 34.6 Å². The van der Waals surface area contributed by atoms with Gasteiger partial charge in [0, 0.05) is 11.5 Å². The number of likely N-dealkylation sites (tertiary alicyclic amines) is 1. The van der Waals surface area contributed by atoms with Crippen LogP contribution in [0.25, 0.3) is 11.3 Å². The van der Waals surface area contributed by atoms with Crippen molar-refractivity contribution in [3.05, 3.63) is 101 Å². The van der Waals surface area contributed by atoms with E-state index in [-0.39, 0.29) is 29.1 Å². The van der Waals surface area contributed by atoms with Crippen LogP contribution >= 0.6 is 0 Å². The number of rotatable bonds is 6. The second kappa shape index (κ2) is 11.8. The van der Waals surface area contributed by atoms with Crippen molar-refractivity contribution >= 4 is 17.5 Å². The molecule has 1 saturated heterocycles. The van der Waals surface area contributed by atoms with Gasteiger partial charge in [0.1, 0.15) is 17.7 Å². The second-order valence-electron chi connectivity index (χ2n) is 14.3. The Bertz CT molecular complexity index is 1920. The molecule has 3 atom stereocenters. The number of carbonyl (C=O) groups is 1. The van der Waals surface area contributed by atoms with E-state index in [0.29, 0.717) is 5.82 Å². The lowest BCUT2D eigenvalue weighted by atomic mass is 9.85. The molecular weight excluding hydrogens is 588 g/mol. The van der Waals surface area contributed by atoms with Gasteiger partial charge in [-0.3, -0.25) is 14.6 Å². The lowest BCUT2D eigenvalue weighted by Crippen LogP contribution is -2.37. The van der Waals surface area contributed by atoms with E-state index in [0.717, 1.165) is 77.5 Å². The Kier molecular flexibility index (Phi) is 7.78. The quantitative estimate of drug-likeness (QED) is 0.205. The van der Waals surface area contributed by atoms with Crippen molar-refractivity contribution in [3.63, 3.8) is 0 Å². The van der Waals surface area contributed by atoms with Crippen LogP contribution in [0.2, 0.25) is 0 Å². The van der Waals surface area contributed by atoms with Gasteiger partial charge in [-0.25, -0.2) is 9.48 Å². The minimum atomic E-state index is -0.270. The highest BCUT2D eigenvalue weighted by atomic mass is 16.5. The molecule has 2 amide bonds. The molecule has 0 radical (unpaired) electrons. The van der Waals surface area contributed by atoms with Crippen LogP contribution in [-0.4, -0.2) is 48.9 Å². The van der Waals surface area contributed by atoms with Gasteiger partial charge >= 0.3 is 6.03 Å². The first-order valence-corrected chi connectivity index (χ1v) is 16.6. The van der Waals surface area contributed by atoms with Crippen molar-refractivity contribution in [2.24, 2.45) is 0 Å². The maximum absolute atomic E-state index is 13.5. The molecule has 2 aromatic carbocycles. The zero-order valence-corrected chi connectivity index (χ0v) is 28.1. The van der Waals surface area contributed by atoms with Crippen LogP contribution in [0.5, 0.6) is 5.75 Å². The molecule has 0 bridgehead atoms. The van der Waals surface area contributed by atoms with Gasteiger partial charge < -0.3 is 10.1 Å². The van der Waals surface area contributed by atoms with Crippen molar-refractivity contribution in [2.45, 2.75) is 83.4 Å². The number of aryl methyl sites for hydroxylation is 1. The molecule has 2 N–H and O–H groups in total. The molecule has 0 spiro atoms. The Hall–Kier alpha value is -4.70. The molecule has 1 aliphatic heterocycles. The van der Waals surface area contributed by atoms with Crippen LogP contribution < -0.4 is 15.4 Å². The smallest absolute Gasteiger partial charge is 0.320 e. The number of nitrogens with zero attached hydrogens (tertiary/aromatic N) is 6. The van der Waals surface area contributed by atoms with E-state index in [9.17, 15) is 4.79 Å². The van der Waals surface area contributed by atoms with Crippen LogP contribution in [0.1, 0.15) is 93.7 Å². The van der Waals surface area contributed by atoms with Gasteiger partial charge in [0.25, 0.3) is 0 Å². The summed E-state index contributed by atoms with van der Waals surface area (Å²) in [5.41, 5.74) is 5.57. The molecule has 7 rings (SSSR count). The lowest BCUT2D eigenvalue weighted by molar-refractivity contribution is 0.170. The molecule has 0 saturated carbocycles. The molecule has 10 heteroatoms. The first-order chi connectivity index (χ1) is 22.5. The zero-order valence-electron chi connectivity index (χ0n) is 28.1. The van der Waals surface area contributed by atoms with Crippen molar-refractivity contribution in [2.75, 3.05) is 18.9 Å². The molecule has 3 aromatic heterocycles. The normalized spacial score (nSPS) is 21.5. The number of anilines is 1. The molecule has 244 valence electrons. The Morgan fingerprint density at radius 3 is 2.49 bits per heavy atom. The summed E-state index contributed by atoms with van der Waals surface area (Å²) >= 11 is 0. The van der Waals surface area contributed by atoms with E-state index < -0.39 is 0 Å². The standard InChI is InChI=1S/C37H44N8O2/c1-24-12-14-25(15-13-24)45-33(22-31(42-45)36(2,3)4)39-35(46)38-29-17-18-30(28-11-8-7-10-27(28)29)47-26-16-19-32-40-41-34(44(32)23-26)37(5)20-9-21-43(37)6/h7-8,10-16,19,22-23,29-30H,9,17-18,20-21H2,1-6H3,(H2,38,39,46)/t29-,30+,37-/m0/s1. The molecular formula is C37H44N8O2. The number of benzene rings is 2. The van der Waals surface area contributed by atoms with Gasteiger partial charge in [-0.1, -0.05) is 62.7 Å². The third kappa shape index (κ3) is 5.86. The SMILES string of the molecule is Cc1ccc(-n2nc(C(C)(C)C)cc2NC(=O)N[C@H]2CC[C@@H](Oc3ccc4nnc([C@]5(C)CCCN5C)n4c3)c3ccccc32)cc1. The fraction of sp³-hybridized carbons (Fsp3) is 0.405. The number of amides is 2. The van der Waals surface area contributed by atoms with E-state index in [1.54, 1.807) is 4.68 Å². The first-order valence-electron chi connectivity index (χ1n) is 16.6. The highest BCUT2D eigenvalue weighted by molar-refractivity contribution is 5.89. The fourth-order valence-electron chi connectivity index (χ4n) is 6.91. The molecule has 4 heterocycles. The number of hydrogen-bond donors (Lipinski definition) is 2. The van der Waals surface area contributed by atoms with Crippen molar-refractivity contribution in [3.8, 4) is 11.4 Å². The second-order valence-corrected chi connectivity index (χ2v) is 14.3. The highest BCUT2D eigenvalue weighted by Gasteiger charge is 2.40. The van der Waals surface area contributed by atoms with Gasteiger partial charge in [0.15, 0.2) is 11.5 Å². The van der Waals surface area contributed by atoms with Gasteiger partial charge in [0.2, 0.25) is 0 Å². The number of fused-ring (bicyclic) bond motifs is 2. The van der Waals surface area contributed by atoms with Gasteiger partial charge in [0.05, 0.1) is 29.2 Å². The third-order valence-corrected chi connectivity index (χ3v) is 9.87. The summed E-state index contributed by atoms with van der Waals surface area (Å²) in [6.45, 7) is 11.7.